The molecule has 1 aliphatic rings. The second-order valence-corrected chi connectivity index (χ2v) is 6.12. The van der Waals surface area contributed by atoms with Gasteiger partial charge in [0.05, 0.1) is 11.3 Å². The van der Waals surface area contributed by atoms with E-state index in [1.54, 1.807) is 0 Å². The number of hydrogen-bond donors (Lipinski definition) is 1. The molecule has 0 aromatic heterocycles. The van der Waals surface area contributed by atoms with Crippen LogP contribution >= 0.6 is 0 Å². The Morgan fingerprint density at radius 2 is 2.23 bits per heavy atom. The molecule has 1 saturated heterocycles. The van der Waals surface area contributed by atoms with E-state index in [1.807, 2.05) is 18.7 Å². The van der Waals surface area contributed by atoms with Gasteiger partial charge in [0.25, 0.3) is 0 Å². The lowest BCUT2D eigenvalue weighted by Gasteiger charge is -2.36. The first kappa shape index (κ1) is 10.7. The van der Waals surface area contributed by atoms with Gasteiger partial charge in [0.1, 0.15) is 0 Å². The van der Waals surface area contributed by atoms with Crippen LogP contribution in [0.5, 0.6) is 0 Å². The minimum atomic E-state index is -0.821. The predicted octanol–water partition coefficient (Wildman–Crippen LogP) is -0.0861. The van der Waals surface area contributed by atoms with Crippen LogP contribution < -0.4 is 0 Å². The molecule has 1 aliphatic heterocycles. The Morgan fingerprint density at radius 3 is 2.69 bits per heavy atom. The van der Waals surface area contributed by atoms with Crippen LogP contribution in [0.25, 0.3) is 0 Å². The minimum Gasteiger partial charge on any atom is -0.480 e. The van der Waals surface area contributed by atoms with E-state index in [0.717, 1.165) is 0 Å². The molecule has 1 fully saturated rings. The molecule has 0 spiro atoms. The molecular weight excluding hydrogens is 190 g/mol. The number of aliphatic carboxylic acids is 1. The van der Waals surface area contributed by atoms with Gasteiger partial charge in [-0.15, -0.1) is 0 Å². The molecule has 5 heteroatoms. The topological polar surface area (TPSA) is 57.6 Å². The maximum Gasteiger partial charge on any atom is 0.317 e. The smallest absolute Gasteiger partial charge is 0.317 e. The van der Waals surface area contributed by atoms with E-state index in [4.69, 9.17) is 5.11 Å². The van der Waals surface area contributed by atoms with Gasteiger partial charge in [-0.3, -0.25) is 13.9 Å². The van der Waals surface area contributed by atoms with Gasteiger partial charge in [-0.25, -0.2) is 0 Å². The average Bonchev–Trinajstić information content (AvgIpc) is 1.95. The molecule has 1 heterocycles. The lowest BCUT2D eigenvalue weighted by atomic mass is 10.2. The van der Waals surface area contributed by atoms with Crippen molar-refractivity contribution in [2.24, 2.45) is 0 Å². The van der Waals surface area contributed by atoms with Gasteiger partial charge in [0, 0.05) is 29.6 Å². The highest BCUT2D eigenvalue weighted by Gasteiger charge is 2.33. The van der Waals surface area contributed by atoms with Gasteiger partial charge < -0.3 is 5.11 Å². The summed E-state index contributed by atoms with van der Waals surface area (Å²) in [6, 6.07) is 0. The predicted molar refractivity (Wildman–Crippen MR) is 51.2 cm³/mol. The van der Waals surface area contributed by atoms with Crippen LogP contribution in [0, 0.1) is 0 Å². The lowest BCUT2D eigenvalue weighted by Crippen LogP contribution is -2.51. The van der Waals surface area contributed by atoms with Gasteiger partial charge in [0.15, 0.2) is 0 Å². The van der Waals surface area contributed by atoms with E-state index < -0.39 is 16.8 Å². The molecule has 1 rings (SSSR count). The van der Waals surface area contributed by atoms with Gasteiger partial charge in [-0.1, -0.05) is 0 Å². The molecule has 0 aromatic carbocycles. The number of nitrogens with zero attached hydrogens (tertiary/aromatic N) is 1. The maximum absolute atomic E-state index is 11.5. The molecule has 1 N–H and O–H groups in total. The van der Waals surface area contributed by atoms with Crippen molar-refractivity contribution >= 4 is 16.8 Å². The Bertz CT molecular complexity index is 240. The highest BCUT2D eigenvalue weighted by atomic mass is 32.2. The van der Waals surface area contributed by atoms with Gasteiger partial charge in [0.2, 0.25) is 0 Å². The minimum absolute atomic E-state index is 0.0562. The van der Waals surface area contributed by atoms with Crippen LogP contribution in [0.3, 0.4) is 0 Å². The summed E-state index contributed by atoms with van der Waals surface area (Å²) < 4.78 is 11.2. The van der Waals surface area contributed by atoms with E-state index in [1.165, 1.54) is 0 Å². The number of carboxylic acids is 1. The monoisotopic (exact) mass is 205 g/mol. The van der Waals surface area contributed by atoms with Crippen molar-refractivity contribution in [3.63, 3.8) is 0 Å². The van der Waals surface area contributed by atoms with E-state index in [0.29, 0.717) is 18.8 Å². The Balaban J connectivity index is 2.55. The first-order chi connectivity index (χ1) is 5.92. The highest BCUT2D eigenvalue weighted by Crippen LogP contribution is 2.19. The number of carboxylic acid groups (broad SMARTS) is 1. The summed E-state index contributed by atoms with van der Waals surface area (Å²) in [6.45, 7) is 5.11. The molecule has 13 heavy (non-hydrogen) atoms. The van der Waals surface area contributed by atoms with Crippen LogP contribution in [0.1, 0.15) is 13.8 Å². The number of rotatable bonds is 2. The number of carbonyl (C=O) groups is 1. The van der Waals surface area contributed by atoms with Gasteiger partial charge >= 0.3 is 5.97 Å². The standard InChI is InChI=1S/C8H15NO3S/c1-8(2)6-9(5-7(10)11)3-4-13(8)12/h3-6H2,1-2H3,(H,10,11). The first-order valence-corrected chi connectivity index (χ1v) is 5.56. The fourth-order valence-electron chi connectivity index (χ4n) is 1.50. The third-order valence-electron chi connectivity index (χ3n) is 2.17. The van der Waals surface area contributed by atoms with Crippen LogP contribution in [0.15, 0.2) is 0 Å². The quantitative estimate of drug-likeness (QED) is 0.684. The normalized spacial score (nSPS) is 28.6. The average molecular weight is 205 g/mol. The molecule has 0 aliphatic carbocycles. The maximum atomic E-state index is 11.5. The fraction of sp³-hybridized carbons (Fsp3) is 0.875. The van der Waals surface area contributed by atoms with Crippen LogP contribution in [0.2, 0.25) is 0 Å². The van der Waals surface area contributed by atoms with Gasteiger partial charge in [-0.05, 0) is 13.8 Å². The highest BCUT2D eigenvalue weighted by molar-refractivity contribution is 7.86. The van der Waals surface area contributed by atoms with Crippen molar-refractivity contribution in [3.8, 4) is 0 Å². The molecule has 0 amide bonds. The summed E-state index contributed by atoms with van der Waals surface area (Å²) in [4.78, 5) is 12.3. The van der Waals surface area contributed by atoms with Crippen molar-refractivity contribution in [2.45, 2.75) is 18.6 Å². The first-order valence-electron chi connectivity index (χ1n) is 4.24. The summed E-state index contributed by atoms with van der Waals surface area (Å²) in [7, 11) is -0.821. The molecule has 0 bridgehead atoms. The molecule has 0 saturated carbocycles. The van der Waals surface area contributed by atoms with Crippen molar-refractivity contribution in [3.05, 3.63) is 0 Å². The van der Waals surface area contributed by atoms with Gasteiger partial charge in [-0.2, -0.15) is 0 Å². The lowest BCUT2D eigenvalue weighted by molar-refractivity contribution is -0.138. The van der Waals surface area contributed by atoms with Crippen molar-refractivity contribution in [2.75, 3.05) is 25.4 Å². The van der Waals surface area contributed by atoms with E-state index in [9.17, 15) is 9.00 Å². The molecule has 1 atom stereocenters. The SMILES string of the molecule is CC1(C)CN(CC(=O)O)CCS1=O. The van der Waals surface area contributed by atoms with E-state index in [-0.39, 0.29) is 11.3 Å². The molecule has 1 unspecified atom stereocenters. The summed E-state index contributed by atoms with van der Waals surface area (Å²) in [5, 5.41) is 8.58. The summed E-state index contributed by atoms with van der Waals surface area (Å²) in [6.07, 6.45) is 0. The summed E-state index contributed by atoms with van der Waals surface area (Å²) >= 11 is 0. The Morgan fingerprint density at radius 1 is 1.62 bits per heavy atom. The third kappa shape index (κ3) is 2.77. The van der Waals surface area contributed by atoms with Crippen molar-refractivity contribution in [1.29, 1.82) is 0 Å². The molecule has 4 nitrogen and oxygen atoms in total. The summed E-state index contributed by atoms with van der Waals surface area (Å²) in [5.74, 6) is -0.233. The van der Waals surface area contributed by atoms with Crippen LogP contribution in [0.4, 0.5) is 0 Å². The van der Waals surface area contributed by atoms with Crippen LogP contribution in [-0.2, 0) is 15.6 Å². The van der Waals surface area contributed by atoms with Crippen molar-refractivity contribution < 1.29 is 14.1 Å². The fourth-order valence-corrected chi connectivity index (χ4v) is 2.81. The molecule has 0 aromatic rings. The van der Waals surface area contributed by atoms with Crippen LogP contribution in [-0.4, -0.2) is 50.3 Å². The zero-order valence-corrected chi connectivity index (χ0v) is 8.76. The zero-order valence-electron chi connectivity index (χ0n) is 7.95. The molecule has 0 radical (unpaired) electrons. The summed E-state index contributed by atoms with van der Waals surface area (Å²) in [5.41, 5.74) is 0. The van der Waals surface area contributed by atoms with Crippen molar-refractivity contribution in [1.82, 2.24) is 4.90 Å². The van der Waals surface area contributed by atoms with E-state index >= 15 is 0 Å². The molecular formula is C8H15NO3S. The Kier molecular flexibility index (Phi) is 3.08. The van der Waals surface area contributed by atoms with E-state index in [2.05, 4.69) is 0 Å². The second-order valence-electron chi connectivity index (χ2n) is 3.91. The third-order valence-corrected chi connectivity index (χ3v) is 4.09. The second kappa shape index (κ2) is 3.75. The molecule has 76 valence electrons. The number of hydrogen-bond acceptors (Lipinski definition) is 3. The Labute approximate surface area is 80.4 Å². The largest absolute Gasteiger partial charge is 0.480 e. The zero-order chi connectivity index (χ0) is 10.1. The Hall–Kier alpha value is -0.420.